The summed E-state index contributed by atoms with van der Waals surface area (Å²) in [7, 11) is 5.19. The predicted octanol–water partition coefficient (Wildman–Crippen LogP) is 3.25. The topological polar surface area (TPSA) is 9.23 Å². The van der Waals surface area contributed by atoms with Crippen molar-refractivity contribution < 1.29 is 4.12 Å². The van der Waals surface area contributed by atoms with Crippen LogP contribution < -0.4 is 0 Å². The lowest BCUT2D eigenvalue weighted by molar-refractivity contribution is 0.690. The molecule has 2 aromatic rings. The van der Waals surface area contributed by atoms with Crippen LogP contribution in [-0.2, 0) is 10.5 Å². The molecule has 0 fully saturated rings. The van der Waals surface area contributed by atoms with E-state index in [4.69, 9.17) is 0 Å². The molecule has 0 N–H and O–H groups in total. The average Bonchev–Trinajstić information content (AvgIpc) is 2.42. The second kappa shape index (κ2) is 8.63. The van der Waals surface area contributed by atoms with E-state index < -0.39 is 0 Å². The molecule has 0 spiro atoms. The molecule has 0 saturated carbocycles. The third kappa shape index (κ3) is 4.45. The van der Waals surface area contributed by atoms with Crippen LogP contribution >= 0.6 is 0 Å². The van der Waals surface area contributed by atoms with Gasteiger partial charge >= 0.3 is 0 Å². The van der Waals surface area contributed by atoms with E-state index >= 15 is 0 Å². The van der Waals surface area contributed by atoms with E-state index in [0.29, 0.717) is 0 Å². The SMILES string of the molecule is C=CCc1ccccc1-c1ccccc1.[Si]O[Si]. The zero-order chi connectivity index (χ0) is 13.2. The van der Waals surface area contributed by atoms with Gasteiger partial charge in [-0.1, -0.05) is 60.7 Å². The normalized spacial score (nSPS) is 9.22. The van der Waals surface area contributed by atoms with Gasteiger partial charge in [0.05, 0.1) is 0 Å². The van der Waals surface area contributed by atoms with Crippen LogP contribution in [0.15, 0.2) is 67.3 Å². The number of hydrogen-bond acceptors (Lipinski definition) is 1. The fourth-order valence-corrected chi connectivity index (χ4v) is 1.75. The molecule has 0 aliphatic carbocycles. The summed E-state index contributed by atoms with van der Waals surface area (Å²) in [6, 6.07) is 18.9. The molecule has 88 valence electrons. The molecule has 6 radical (unpaired) electrons. The van der Waals surface area contributed by atoms with Crippen molar-refractivity contribution >= 4 is 21.0 Å². The first kappa shape index (κ1) is 14.6. The molecule has 1 nitrogen and oxygen atoms in total. The van der Waals surface area contributed by atoms with E-state index in [1.807, 2.05) is 12.1 Å². The fraction of sp³-hybridized carbons (Fsp3) is 0.0667. The number of hydrogen-bond donors (Lipinski definition) is 0. The van der Waals surface area contributed by atoms with Crippen LogP contribution in [0.5, 0.6) is 0 Å². The molecule has 18 heavy (non-hydrogen) atoms. The van der Waals surface area contributed by atoms with Gasteiger partial charge < -0.3 is 4.12 Å². The Hall–Kier alpha value is -1.43. The summed E-state index contributed by atoms with van der Waals surface area (Å²) >= 11 is 0. The maximum absolute atomic E-state index is 3.86. The lowest BCUT2D eigenvalue weighted by Gasteiger charge is -2.07. The molecule has 0 heterocycles. The Labute approximate surface area is 116 Å². The second-order valence-electron chi connectivity index (χ2n) is 3.62. The zero-order valence-corrected chi connectivity index (χ0v) is 12.1. The van der Waals surface area contributed by atoms with Crippen LogP contribution in [0.4, 0.5) is 0 Å². The Morgan fingerprint density at radius 1 is 0.944 bits per heavy atom. The van der Waals surface area contributed by atoms with Gasteiger partial charge in [-0.15, -0.1) is 6.58 Å². The maximum atomic E-state index is 3.86. The van der Waals surface area contributed by atoms with Crippen molar-refractivity contribution in [3.05, 3.63) is 72.8 Å². The van der Waals surface area contributed by atoms with E-state index in [0.717, 1.165) is 6.42 Å². The smallest absolute Gasteiger partial charge is 0.229 e. The molecule has 0 aliphatic rings. The van der Waals surface area contributed by atoms with Crippen LogP contribution in [0.25, 0.3) is 11.1 Å². The van der Waals surface area contributed by atoms with Gasteiger partial charge in [0.2, 0.25) is 21.0 Å². The Balaban J connectivity index is 0.000000492. The van der Waals surface area contributed by atoms with E-state index in [9.17, 15) is 0 Å². The fourth-order valence-electron chi connectivity index (χ4n) is 1.75. The second-order valence-corrected chi connectivity index (χ2v) is 4.43. The first-order valence-electron chi connectivity index (χ1n) is 5.57. The minimum atomic E-state index is 0.922. The minimum Gasteiger partial charge on any atom is -0.458 e. The standard InChI is InChI=1S/C15H14.OSi2/c1-2-8-13-11-6-7-12-15(13)14-9-4-3-5-10-14;2-1-3/h2-7,9-12H,1,8H2;. The minimum absolute atomic E-state index is 0.922. The quantitative estimate of drug-likeness (QED) is 0.612. The molecule has 2 aromatic carbocycles. The molecule has 0 bridgehead atoms. The van der Waals surface area contributed by atoms with Gasteiger partial charge in [0.25, 0.3) is 0 Å². The number of benzene rings is 2. The summed E-state index contributed by atoms with van der Waals surface area (Å²) in [5, 5.41) is 0. The third-order valence-electron chi connectivity index (χ3n) is 2.47. The van der Waals surface area contributed by atoms with E-state index in [1.165, 1.54) is 16.7 Å². The van der Waals surface area contributed by atoms with Gasteiger partial charge in [-0.2, -0.15) is 0 Å². The Morgan fingerprint density at radius 3 is 2.11 bits per heavy atom. The summed E-state index contributed by atoms with van der Waals surface area (Å²) in [5.41, 5.74) is 3.91. The summed E-state index contributed by atoms with van der Waals surface area (Å²) in [4.78, 5) is 0. The molecule has 0 aliphatic heterocycles. The van der Waals surface area contributed by atoms with E-state index in [-0.39, 0.29) is 0 Å². The molecule has 0 aromatic heterocycles. The largest absolute Gasteiger partial charge is 0.458 e. The highest BCUT2D eigenvalue weighted by atomic mass is 28.3. The van der Waals surface area contributed by atoms with Crippen molar-refractivity contribution in [3.63, 3.8) is 0 Å². The van der Waals surface area contributed by atoms with Crippen molar-refractivity contribution in [3.8, 4) is 11.1 Å². The first-order valence-corrected chi connectivity index (χ1v) is 6.38. The Kier molecular flexibility index (Phi) is 7.02. The Morgan fingerprint density at radius 2 is 1.50 bits per heavy atom. The maximum Gasteiger partial charge on any atom is 0.229 e. The van der Waals surface area contributed by atoms with Gasteiger partial charge in [-0.3, -0.25) is 0 Å². The zero-order valence-electron chi connectivity index (χ0n) is 10.1. The molecular formula is C15H14OSi2. The molecule has 0 saturated heterocycles. The Bertz CT molecular complexity index is 469. The lowest BCUT2D eigenvalue weighted by atomic mass is 9.98. The molecule has 3 heteroatoms. The van der Waals surface area contributed by atoms with Crippen molar-refractivity contribution in [2.24, 2.45) is 0 Å². The van der Waals surface area contributed by atoms with E-state index in [1.54, 1.807) is 0 Å². The summed E-state index contributed by atoms with van der Waals surface area (Å²) in [5.74, 6) is 0. The van der Waals surface area contributed by atoms with Gasteiger partial charge in [0.1, 0.15) is 0 Å². The van der Waals surface area contributed by atoms with Crippen molar-refractivity contribution in [2.45, 2.75) is 6.42 Å². The summed E-state index contributed by atoms with van der Waals surface area (Å²) < 4.78 is 3.86. The number of rotatable bonds is 3. The molecular weight excluding hydrogens is 252 g/mol. The monoisotopic (exact) mass is 266 g/mol. The number of allylic oxidation sites excluding steroid dienone is 1. The van der Waals surface area contributed by atoms with Crippen LogP contribution in [0, 0.1) is 0 Å². The van der Waals surface area contributed by atoms with Crippen LogP contribution in [0.3, 0.4) is 0 Å². The van der Waals surface area contributed by atoms with Crippen LogP contribution in [-0.4, -0.2) is 21.0 Å². The highest BCUT2D eigenvalue weighted by Gasteiger charge is 2.01. The van der Waals surface area contributed by atoms with Gasteiger partial charge in [0.15, 0.2) is 0 Å². The average molecular weight is 266 g/mol. The van der Waals surface area contributed by atoms with Crippen molar-refractivity contribution in [2.75, 3.05) is 0 Å². The predicted molar refractivity (Wildman–Crippen MR) is 78.4 cm³/mol. The summed E-state index contributed by atoms with van der Waals surface area (Å²) in [6.45, 7) is 3.79. The van der Waals surface area contributed by atoms with Crippen molar-refractivity contribution in [1.82, 2.24) is 0 Å². The molecule has 2 rings (SSSR count). The van der Waals surface area contributed by atoms with Gasteiger partial charge in [0, 0.05) is 0 Å². The third-order valence-corrected chi connectivity index (χ3v) is 2.47. The van der Waals surface area contributed by atoms with Crippen LogP contribution in [0.2, 0.25) is 0 Å². The van der Waals surface area contributed by atoms with Crippen molar-refractivity contribution in [1.29, 1.82) is 0 Å². The van der Waals surface area contributed by atoms with E-state index in [2.05, 4.69) is 80.2 Å². The van der Waals surface area contributed by atoms with Crippen LogP contribution in [0.1, 0.15) is 5.56 Å². The molecule has 0 atom stereocenters. The van der Waals surface area contributed by atoms with Gasteiger partial charge in [-0.25, -0.2) is 0 Å². The molecule has 0 amide bonds. The summed E-state index contributed by atoms with van der Waals surface area (Å²) in [6.07, 6.45) is 2.87. The molecule has 0 unspecified atom stereocenters. The van der Waals surface area contributed by atoms with Gasteiger partial charge in [-0.05, 0) is 23.1 Å². The highest BCUT2D eigenvalue weighted by Crippen LogP contribution is 2.23. The lowest BCUT2D eigenvalue weighted by Crippen LogP contribution is -1.86. The first-order chi connectivity index (χ1) is 8.83. The highest BCUT2D eigenvalue weighted by molar-refractivity contribution is 6.15.